The Morgan fingerprint density at radius 1 is 0.778 bits per heavy atom. The van der Waals surface area contributed by atoms with Crippen LogP contribution in [-0.4, -0.2) is 25.4 Å². The third-order valence-electron chi connectivity index (χ3n) is 3.18. The van der Waals surface area contributed by atoms with Gasteiger partial charge < -0.3 is 9.47 Å². The smallest absolute Gasteiger partial charge is 0.0812 e. The quantitative estimate of drug-likeness (QED) is 0.330. The molecule has 2 fully saturated rings. The van der Waals surface area contributed by atoms with Crippen molar-refractivity contribution >= 4 is 0 Å². The predicted molar refractivity (Wildman–Crippen MR) is 76.8 cm³/mol. The molecule has 2 heterocycles. The van der Waals surface area contributed by atoms with E-state index in [0.717, 1.165) is 19.6 Å². The van der Waals surface area contributed by atoms with Gasteiger partial charge in [-0.2, -0.15) is 0 Å². The molecule has 0 bridgehead atoms. The van der Waals surface area contributed by atoms with Crippen molar-refractivity contribution < 1.29 is 9.47 Å². The van der Waals surface area contributed by atoms with Gasteiger partial charge in [0.25, 0.3) is 0 Å². The van der Waals surface area contributed by atoms with Gasteiger partial charge in [0.15, 0.2) is 0 Å². The van der Waals surface area contributed by atoms with Crippen molar-refractivity contribution in [3.8, 4) is 0 Å². The van der Waals surface area contributed by atoms with Gasteiger partial charge in [0.2, 0.25) is 0 Å². The average Bonchev–Trinajstić information content (AvgIpc) is 3.27. The average molecular weight is 252 g/mol. The Hall–Kier alpha value is -0.600. The van der Waals surface area contributed by atoms with E-state index in [0.29, 0.717) is 12.2 Å². The number of unbranched alkanes of at least 4 members (excludes halogenated alkanes) is 4. The minimum Gasteiger partial charge on any atom is -0.373 e. The standard InChI is InChI=1S/C10H18O.C6H10O/c1-2-3-4-5-6-7-8-10-9-11-10;1-2-3-4-6-5-7-6/h2,10H,1,3-9H2;2,6H,1,3-5H2. The lowest BCUT2D eigenvalue weighted by molar-refractivity contribution is 0.388. The summed E-state index contributed by atoms with van der Waals surface area (Å²) in [4.78, 5) is 0. The monoisotopic (exact) mass is 252 g/mol. The first kappa shape index (κ1) is 15.5. The van der Waals surface area contributed by atoms with E-state index in [1.807, 2.05) is 12.2 Å². The highest BCUT2D eigenvalue weighted by molar-refractivity contribution is 4.75. The Morgan fingerprint density at radius 2 is 1.33 bits per heavy atom. The molecule has 2 nitrogen and oxygen atoms in total. The van der Waals surface area contributed by atoms with Crippen LogP contribution in [0.15, 0.2) is 25.3 Å². The van der Waals surface area contributed by atoms with Crippen LogP contribution in [0.1, 0.15) is 51.4 Å². The largest absolute Gasteiger partial charge is 0.373 e. The molecule has 2 aliphatic rings. The zero-order chi connectivity index (χ0) is 13.1. The lowest BCUT2D eigenvalue weighted by Crippen LogP contribution is -1.85. The van der Waals surface area contributed by atoms with Crippen molar-refractivity contribution in [3.63, 3.8) is 0 Å². The summed E-state index contributed by atoms with van der Waals surface area (Å²) in [5.74, 6) is 0. The summed E-state index contributed by atoms with van der Waals surface area (Å²) in [7, 11) is 0. The van der Waals surface area contributed by atoms with Crippen LogP contribution in [-0.2, 0) is 9.47 Å². The van der Waals surface area contributed by atoms with E-state index >= 15 is 0 Å². The highest BCUT2D eigenvalue weighted by Gasteiger charge is 2.21. The van der Waals surface area contributed by atoms with Gasteiger partial charge in [-0.15, -0.1) is 13.2 Å². The molecule has 2 saturated heterocycles. The number of epoxide rings is 2. The van der Waals surface area contributed by atoms with Gasteiger partial charge in [0.05, 0.1) is 25.4 Å². The van der Waals surface area contributed by atoms with E-state index in [4.69, 9.17) is 9.47 Å². The fourth-order valence-corrected chi connectivity index (χ4v) is 1.79. The fraction of sp³-hybridized carbons (Fsp3) is 0.750. The van der Waals surface area contributed by atoms with Gasteiger partial charge in [0, 0.05) is 0 Å². The molecule has 0 aromatic rings. The van der Waals surface area contributed by atoms with Crippen LogP contribution < -0.4 is 0 Å². The van der Waals surface area contributed by atoms with Crippen molar-refractivity contribution in [2.75, 3.05) is 13.2 Å². The summed E-state index contributed by atoms with van der Waals surface area (Å²) >= 11 is 0. The molecule has 2 heteroatoms. The first-order valence-corrected chi connectivity index (χ1v) is 7.31. The Kier molecular flexibility index (Phi) is 8.87. The van der Waals surface area contributed by atoms with E-state index < -0.39 is 0 Å². The second kappa shape index (κ2) is 10.3. The van der Waals surface area contributed by atoms with E-state index in [2.05, 4.69) is 13.2 Å². The molecule has 0 spiro atoms. The molecule has 0 amide bonds. The first-order valence-electron chi connectivity index (χ1n) is 7.31. The molecule has 0 N–H and O–H groups in total. The zero-order valence-electron chi connectivity index (χ0n) is 11.6. The van der Waals surface area contributed by atoms with E-state index in [1.54, 1.807) is 0 Å². The van der Waals surface area contributed by atoms with E-state index in [-0.39, 0.29) is 0 Å². The van der Waals surface area contributed by atoms with E-state index in [1.165, 1.54) is 44.9 Å². The second-order valence-corrected chi connectivity index (χ2v) is 5.06. The third kappa shape index (κ3) is 10.5. The summed E-state index contributed by atoms with van der Waals surface area (Å²) in [5.41, 5.74) is 0. The van der Waals surface area contributed by atoms with Crippen LogP contribution in [0, 0.1) is 0 Å². The number of rotatable bonds is 10. The lowest BCUT2D eigenvalue weighted by Gasteiger charge is -1.96. The van der Waals surface area contributed by atoms with Gasteiger partial charge in [-0.1, -0.05) is 31.4 Å². The lowest BCUT2D eigenvalue weighted by atomic mass is 10.1. The number of hydrogen-bond donors (Lipinski definition) is 0. The maximum Gasteiger partial charge on any atom is 0.0812 e. The van der Waals surface area contributed by atoms with Crippen molar-refractivity contribution in [3.05, 3.63) is 25.3 Å². The molecular weight excluding hydrogens is 224 g/mol. The molecule has 2 aliphatic heterocycles. The predicted octanol–water partition coefficient (Wildman–Crippen LogP) is 4.26. The van der Waals surface area contributed by atoms with Crippen molar-refractivity contribution in [1.29, 1.82) is 0 Å². The first-order chi connectivity index (χ1) is 8.86. The fourth-order valence-electron chi connectivity index (χ4n) is 1.79. The normalized spacial score (nSPS) is 23.8. The van der Waals surface area contributed by atoms with E-state index in [9.17, 15) is 0 Å². The molecule has 0 aromatic heterocycles. The Bertz CT molecular complexity index is 217. The number of hydrogen-bond acceptors (Lipinski definition) is 2. The highest BCUT2D eigenvalue weighted by atomic mass is 16.6. The summed E-state index contributed by atoms with van der Waals surface area (Å²) in [6.07, 6.45) is 15.3. The maximum atomic E-state index is 5.12. The van der Waals surface area contributed by atoms with Crippen LogP contribution in [0.2, 0.25) is 0 Å². The van der Waals surface area contributed by atoms with Gasteiger partial charge in [-0.05, 0) is 32.1 Å². The highest BCUT2D eigenvalue weighted by Crippen LogP contribution is 2.17. The number of ether oxygens (including phenoxy) is 2. The summed E-state index contributed by atoms with van der Waals surface area (Å²) in [6, 6.07) is 0. The molecule has 0 aromatic carbocycles. The zero-order valence-corrected chi connectivity index (χ0v) is 11.6. The summed E-state index contributed by atoms with van der Waals surface area (Å²) in [6.45, 7) is 9.30. The minimum absolute atomic E-state index is 0.581. The van der Waals surface area contributed by atoms with Gasteiger partial charge in [-0.25, -0.2) is 0 Å². The number of allylic oxidation sites excluding steroid dienone is 2. The maximum absolute atomic E-state index is 5.12. The molecular formula is C16H28O2. The van der Waals surface area contributed by atoms with Crippen LogP contribution in [0.25, 0.3) is 0 Å². The summed E-state index contributed by atoms with van der Waals surface area (Å²) < 4.78 is 10.1. The third-order valence-corrected chi connectivity index (χ3v) is 3.18. The van der Waals surface area contributed by atoms with Crippen molar-refractivity contribution in [1.82, 2.24) is 0 Å². The Labute approximate surface area is 112 Å². The van der Waals surface area contributed by atoms with Gasteiger partial charge >= 0.3 is 0 Å². The SMILES string of the molecule is C=CCCC1CO1.C=CCCCCCCC1CO1. The molecule has 104 valence electrons. The molecule has 18 heavy (non-hydrogen) atoms. The molecule has 2 rings (SSSR count). The Morgan fingerprint density at radius 3 is 1.89 bits per heavy atom. The van der Waals surface area contributed by atoms with Crippen LogP contribution >= 0.6 is 0 Å². The second-order valence-electron chi connectivity index (χ2n) is 5.06. The minimum atomic E-state index is 0.581. The molecule has 0 radical (unpaired) electrons. The van der Waals surface area contributed by atoms with Gasteiger partial charge in [0.1, 0.15) is 0 Å². The molecule has 2 atom stereocenters. The molecule has 0 aliphatic carbocycles. The van der Waals surface area contributed by atoms with Crippen molar-refractivity contribution in [2.45, 2.75) is 63.6 Å². The van der Waals surface area contributed by atoms with Crippen LogP contribution in [0.3, 0.4) is 0 Å². The van der Waals surface area contributed by atoms with Crippen LogP contribution in [0.4, 0.5) is 0 Å². The van der Waals surface area contributed by atoms with Crippen molar-refractivity contribution in [2.24, 2.45) is 0 Å². The molecule has 0 saturated carbocycles. The summed E-state index contributed by atoms with van der Waals surface area (Å²) in [5, 5.41) is 0. The topological polar surface area (TPSA) is 25.1 Å². The Balaban J connectivity index is 0.000000199. The van der Waals surface area contributed by atoms with Gasteiger partial charge in [-0.3, -0.25) is 0 Å². The van der Waals surface area contributed by atoms with Crippen LogP contribution in [0.5, 0.6) is 0 Å². The molecule has 2 unspecified atom stereocenters.